The molecule has 0 bridgehead atoms. The average Bonchev–Trinajstić information content (AvgIpc) is 2.50. The van der Waals surface area contributed by atoms with E-state index >= 15 is 0 Å². The van der Waals surface area contributed by atoms with Gasteiger partial charge in [-0.2, -0.15) is 0 Å². The highest BCUT2D eigenvalue weighted by Crippen LogP contribution is 2.20. The van der Waals surface area contributed by atoms with Crippen molar-refractivity contribution in [3.63, 3.8) is 0 Å². The van der Waals surface area contributed by atoms with E-state index < -0.39 is 0 Å². The van der Waals surface area contributed by atoms with E-state index in [0.717, 1.165) is 18.5 Å². The molecule has 2 N–H and O–H groups in total. The Morgan fingerprint density at radius 3 is 3.09 bits per heavy atom. The van der Waals surface area contributed by atoms with E-state index in [1.807, 2.05) is 0 Å². The summed E-state index contributed by atoms with van der Waals surface area (Å²) in [7, 11) is 0. The van der Waals surface area contributed by atoms with E-state index in [4.69, 9.17) is 5.73 Å². The molecule has 0 radical (unpaired) electrons. The predicted octanol–water partition coefficient (Wildman–Crippen LogP) is 0.424. The van der Waals surface area contributed by atoms with Crippen LogP contribution in [0.3, 0.4) is 0 Å². The van der Waals surface area contributed by atoms with Gasteiger partial charge in [-0.3, -0.25) is 0 Å². The fourth-order valence-corrected chi connectivity index (χ4v) is 1.60. The molecule has 3 heteroatoms. The van der Waals surface area contributed by atoms with Crippen molar-refractivity contribution < 1.29 is 0 Å². The molecule has 1 aliphatic carbocycles. The van der Waals surface area contributed by atoms with Crippen LogP contribution in [0, 0.1) is 0 Å². The first-order valence-electron chi connectivity index (χ1n) is 3.93. The fraction of sp³-hybridized carbons (Fsp3) is 0.500. The lowest BCUT2D eigenvalue weighted by atomic mass is 10.2. The highest BCUT2D eigenvalue weighted by molar-refractivity contribution is 5.28. The van der Waals surface area contributed by atoms with Crippen molar-refractivity contribution in [2.75, 3.05) is 0 Å². The lowest BCUT2D eigenvalue weighted by molar-refractivity contribution is 0.892. The lowest BCUT2D eigenvalue weighted by Crippen LogP contribution is -2.05. The first-order valence-corrected chi connectivity index (χ1v) is 3.93. The number of nitrogens with two attached hydrogens (primary N) is 1. The molecule has 0 saturated carbocycles. The normalized spacial score (nSPS) is 15.0. The Morgan fingerprint density at radius 2 is 2.27 bits per heavy atom. The molecule has 58 valence electrons. The van der Waals surface area contributed by atoms with E-state index in [2.05, 4.69) is 9.97 Å². The smallest absolute Gasteiger partial charge is 0.116 e. The standard InChI is InChI=1S/C8H11N3/c9-4-8-6-2-1-3-7(6)10-5-11-8/h5H,1-4,9H2. The van der Waals surface area contributed by atoms with Gasteiger partial charge in [-0.25, -0.2) is 9.97 Å². The van der Waals surface area contributed by atoms with Gasteiger partial charge >= 0.3 is 0 Å². The van der Waals surface area contributed by atoms with Crippen LogP contribution in [0.1, 0.15) is 23.4 Å². The molecule has 1 aromatic rings. The molecule has 1 aromatic heterocycles. The Labute approximate surface area is 65.7 Å². The summed E-state index contributed by atoms with van der Waals surface area (Å²) in [6.45, 7) is 0.546. The number of hydrogen-bond acceptors (Lipinski definition) is 3. The summed E-state index contributed by atoms with van der Waals surface area (Å²) in [5.41, 5.74) is 9.08. The second kappa shape index (κ2) is 2.58. The van der Waals surface area contributed by atoms with Crippen molar-refractivity contribution in [3.8, 4) is 0 Å². The number of aryl methyl sites for hydroxylation is 1. The van der Waals surface area contributed by atoms with E-state index in [-0.39, 0.29) is 0 Å². The zero-order valence-electron chi connectivity index (χ0n) is 6.38. The van der Waals surface area contributed by atoms with Crippen molar-refractivity contribution in [2.45, 2.75) is 25.8 Å². The summed E-state index contributed by atoms with van der Waals surface area (Å²) in [6.07, 6.45) is 5.04. The van der Waals surface area contributed by atoms with Crippen LogP contribution in [-0.2, 0) is 19.4 Å². The molecular weight excluding hydrogens is 138 g/mol. The summed E-state index contributed by atoms with van der Waals surface area (Å²) in [6, 6.07) is 0. The highest BCUT2D eigenvalue weighted by Gasteiger charge is 2.15. The second-order valence-corrected chi connectivity index (χ2v) is 2.80. The summed E-state index contributed by atoms with van der Waals surface area (Å²) in [5, 5.41) is 0. The third kappa shape index (κ3) is 1.01. The van der Waals surface area contributed by atoms with E-state index in [0.29, 0.717) is 6.54 Å². The maximum atomic E-state index is 5.53. The fourth-order valence-electron chi connectivity index (χ4n) is 1.60. The predicted molar refractivity (Wildman–Crippen MR) is 41.9 cm³/mol. The maximum Gasteiger partial charge on any atom is 0.116 e. The first kappa shape index (κ1) is 6.73. The van der Waals surface area contributed by atoms with Gasteiger partial charge in [-0.15, -0.1) is 0 Å². The van der Waals surface area contributed by atoms with Gasteiger partial charge in [0, 0.05) is 12.2 Å². The monoisotopic (exact) mass is 149 g/mol. The van der Waals surface area contributed by atoms with Gasteiger partial charge in [0.2, 0.25) is 0 Å². The molecule has 0 spiro atoms. The van der Waals surface area contributed by atoms with Gasteiger partial charge in [0.05, 0.1) is 5.69 Å². The van der Waals surface area contributed by atoms with E-state index in [1.165, 1.54) is 17.7 Å². The van der Waals surface area contributed by atoms with Crippen LogP contribution in [0.15, 0.2) is 6.33 Å². The summed E-state index contributed by atoms with van der Waals surface area (Å²) in [5.74, 6) is 0. The molecule has 1 aliphatic rings. The van der Waals surface area contributed by atoms with Crippen LogP contribution in [0.2, 0.25) is 0 Å². The average molecular weight is 149 g/mol. The number of fused-ring (bicyclic) bond motifs is 1. The van der Waals surface area contributed by atoms with Crippen molar-refractivity contribution in [2.24, 2.45) is 5.73 Å². The third-order valence-corrected chi connectivity index (χ3v) is 2.16. The molecule has 0 aliphatic heterocycles. The minimum atomic E-state index is 0.546. The molecule has 3 nitrogen and oxygen atoms in total. The second-order valence-electron chi connectivity index (χ2n) is 2.80. The molecule has 0 saturated heterocycles. The van der Waals surface area contributed by atoms with Crippen LogP contribution in [0.4, 0.5) is 0 Å². The molecule has 0 unspecified atom stereocenters. The van der Waals surface area contributed by atoms with Gasteiger partial charge in [0.15, 0.2) is 0 Å². The van der Waals surface area contributed by atoms with Crippen LogP contribution in [0.25, 0.3) is 0 Å². The SMILES string of the molecule is NCc1ncnc2c1CCC2. The number of hydrogen-bond donors (Lipinski definition) is 1. The molecule has 1 heterocycles. The Kier molecular flexibility index (Phi) is 1.58. The Morgan fingerprint density at radius 1 is 1.36 bits per heavy atom. The van der Waals surface area contributed by atoms with Crippen LogP contribution < -0.4 is 5.73 Å². The number of rotatable bonds is 1. The van der Waals surface area contributed by atoms with Gasteiger partial charge in [0.25, 0.3) is 0 Å². The van der Waals surface area contributed by atoms with Crippen LogP contribution in [0.5, 0.6) is 0 Å². The molecule has 0 amide bonds. The summed E-state index contributed by atoms with van der Waals surface area (Å²) < 4.78 is 0. The first-order chi connectivity index (χ1) is 5.42. The Hall–Kier alpha value is -0.960. The quantitative estimate of drug-likeness (QED) is 0.629. The van der Waals surface area contributed by atoms with Gasteiger partial charge in [0.1, 0.15) is 6.33 Å². The molecule has 0 aromatic carbocycles. The molecule has 2 rings (SSSR count). The van der Waals surface area contributed by atoms with Crippen LogP contribution >= 0.6 is 0 Å². The van der Waals surface area contributed by atoms with Gasteiger partial charge < -0.3 is 5.73 Å². The number of aromatic nitrogens is 2. The maximum absolute atomic E-state index is 5.53. The molecule has 11 heavy (non-hydrogen) atoms. The summed E-state index contributed by atoms with van der Waals surface area (Å²) >= 11 is 0. The van der Waals surface area contributed by atoms with Crippen molar-refractivity contribution >= 4 is 0 Å². The minimum Gasteiger partial charge on any atom is -0.325 e. The summed E-state index contributed by atoms with van der Waals surface area (Å²) in [4.78, 5) is 8.33. The minimum absolute atomic E-state index is 0.546. The largest absolute Gasteiger partial charge is 0.325 e. The zero-order chi connectivity index (χ0) is 7.68. The lowest BCUT2D eigenvalue weighted by Gasteiger charge is -2.01. The van der Waals surface area contributed by atoms with Crippen molar-refractivity contribution in [1.29, 1.82) is 0 Å². The van der Waals surface area contributed by atoms with Gasteiger partial charge in [-0.05, 0) is 24.8 Å². The topological polar surface area (TPSA) is 51.8 Å². The molecular formula is C8H11N3. The zero-order valence-corrected chi connectivity index (χ0v) is 6.38. The van der Waals surface area contributed by atoms with Crippen molar-refractivity contribution in [3.05, 3.63) is 23.3 Å². The van der Waals surface area contributed by atoms with E-state index in [9.17, 15) is 0 Å². The third-order valence-electron chi connectivity index (χ3n) is 2.16. The Bertz CT molecular complexity index is 270. The van der Waals surface area contributed by atoms with Crippen molar-refractivity contribution in [1.82, 2.24) is 9.97 Å². The molecule has 0 fully saturated rings. The number of nitrogens with zero attached hydrogens (tertiary/aromatic N) is 2. The molecule has 0 atom stereocenters. The highest BCUT2D eigenvalue weighted by atomic mass is 14.9. The Balaban J connectivity index is 2.50. The van der Waals surface area contributed by atoms with Gasteiger partial charge in [-0.1, -0.05) is 0 Å². The van der Waals surface area contributed by atoms with Crippen LogP contribution in [-0.4, -0.2) is 9.97 Å². The van der Waals surface area contributed by atoms with E-state index in [1.54, 1.807) is 6.33 Å².